The van der Waals surface area contributed by atoms with Crippen molar-refractivity contribution in [1.29, 1.82) is 0 Å². The number of aliphatic hydroxyl groups is 1. The Morgan fingerprint density at radius 3 is 2.82 bits per heavy atom. The maximum Gasteiger partial charge on any atom is 0.338 e. The number of rotatable bonds is 3. The van der Waals surface area contributed by atoms with Gasteiger partial charge in [0.15, 0.2) is 0 Å². The zero-order valence-corrected chi connectivity index (χ0v) is 9.80. The highest BCUT2D eigenvalue weighted by Gasteiger charge is 2.23. The van der Waals surface area contributed by atoms with Crippen LogP contribution in [0.15, 0.2) is 36.4 Å². The molecule has 0 aliphatic heterocycles. The first-order valence-corrected chi connectivity index (χ1v) is 5.84. The van der Waals surface area contributed by atoms with Crippen molar-refractivity contribution in [2.24, 2.45) is 0 Å². The summed E-state index contributed by atoms with van der Waals surface area (Å²) in [6, 6.07) is 7.41. The molecule has 0 spiro atoms. The lowest BCUT2D eigenvalue weighted by atomic mass is 9.93. The molecule has 1 aliphatic rings. The molecule has 3 heteroatoms. The van der Waals surface area contributed by atoms with E-state index < -0.39 is 6.10 Å². The molecule has 0 saturated heterocycles. The van der Waals surface area contributed by atoms with Crippen molar-refractivity contribution >= 4 is 5.97 Å². The molecule has 90 valence electrons. The van der Waals surface area contributed by atoms with E-state index in [-0.39, 0.29) is 11.9 Å². The molecule has 0 amide bonds. The Morgan fingerprint density at radius 2 is 2.18 bits per heavy atom. The van der Waals surface area contributed by atoms with Crippen LogP contribution in [0.3, 0.4) is 0 Å². The second-order valence-corrected chi connectivity index (χ2v) is 4.10. The van der Waals surface area contributed by atoms with Gasteiger partial charge in [0.05, 0.1) is 18.3 Å². The fourth-order valence-corrected chi connectivity index (χ4v) is 2.13. The van der Waals surface area contributed by atoms with Gasteiger partial charge in [-0.1, -0.05) is 30.4 Å². The van der Waals surface area contributed by atoms with Crippen molar-refractivity contribution in [2.45, 2.75) is 25.4 Å². The predicted octanol–water partition coefficient (Wildman–Crippen LogP) is 2.27. The molecule has 0 aromatic heterocycles. The lowest BCUT2D eigenvalue weighted by molar-refractivity contribution is 0.0524. The number of aliphatic hydroxyl groups excluding tert-OH is 1. The van der Waals surface area contributed by atoms with E-state index in [4.69, 9.17) is 4.74 Å². The molecule has 3 nitrogen and oxygen atoms in total. The van der Waals surface area contributed by atoms with Crippen LogP contribution in [0.1, 0.15) is 35.2 Å². The third kappa shape index (κ3) is 2.56. The summed E-state index contributed by atoms with van der Waals surface area (Å²) in [6.07, 6.45) is 3.95. The number of carbonyl (C=O) groups excluding carboxylic acids is 1. The summed E-state index contributed by atoms with van der Waals surface area (Å²) in [5.74, 6) is -0.191. The van der Waals surface area contributed by atoms with Gasteiger partial charge in [-0.3, -0.25) is 0 Å². The first-order chi connectivity index (χ1) is 8.22. The molecule has 1 N–H and O–H groups in total. The predicted molar refractivity (Wildman–Crippen MR) is 64.9 cm³/mol. The lowest BCUT2D eigenvalue weighted by Crippen LogP contribution is -2.10. The molecule has 0 unspecified atom stereocenters. The molecule has 0 radical (unpaired) electrons. The number of hydrogen-bond acceptors (Lipinski definition) is 3. The smallest absolute Gasteiger partial charge is 0.338 e. The lowest BCUT2D eigenvalue weighted by Gasteiger charge is -2.13. The number of carbonyl (C=O) groups is 1. The molecular formula is C14H16O3. The minimum Gasteiger partial charge on any atom is -0.462 e. The first-order valence-electron chi connectivity index (χ1n) is 5.84. The van der Waals surface area contributed by atoms with E-state index in [9.17, 15) is 9.90 Å². The maximum atomic E-state index is 11.8. The van der Waals surface area contributed by atoms with E-state index >= 15 is 0 Å². The van der Waals surface area contributed by atoms with Gasteiger partial charge in [-0.25, -0.2) is 4.79 Å². The summed E-state index contributed by atoms with van der Waals surface area (Å²) in [5, 5.41) is 9.49. The SMILES string of the molecule is CCOC(=O)c1ccccc1[C@@H]1C=C[C@@H](O)C1. The Balaban J connectivity index is 2.28. The van der Waals surface area contributed by atoms with Gasteiger partial charge in [-0.15, -0.1) is 0 Å². The fraction of sp³-hybridized carbons (Fsp3) is 0.357. The monoisotopic (exact) mass is 232 g/mol. The van der Waals surface area contributed by atoms with Crippen LogP contribution in [0.4, 0.5) is 0 Å². The van der Waals surface area contributed by atoms with E-state index in [1.165, 1.54) is 0 Å². The number of hydrogen-bond donors (Lipinski definition) is 1. The van der Waals surface area contributed by atoms with Crippen molar-refractivity contribution in [3.63, 3.8) is 0 Å². The van der Waals surface area contributed by atoms with Crippen molar-refractivity contribution in [3.8, 4) is 0 Å². The van der Waals surface area contributed by atoms with E-state index in [1.54, 1.807) is 19.1 Å². The molecule has 2 atom stereocenters. The van der Waals surface area contributed by atoms with Gasteiger partial charge in [-0.2, -0.15) is 0 Å². The number of ether oxygens (including phenoxy) is 1. The highest BCUT2D eigenvalue weighted by atomic mass is 16.5. The zero-order chi connectivity index (χ0) is 12.3. The fourth-order valence-electron chi connectivity index (χ4n) is 2.13. The third-order valence-corrected chi connectivity index (χ3v) is 2.92. The molecule has 0 fully saturated rings. The van der Waals surface area contributed by atoms with Crippen LogP contribution >= 0.6 is 0 Å². The average Bonchev–Trinajstić information content (AvgIpc) is 2.76. The van der Waals surface area contributed by atoms with Crippen LogP contribution in [0.2, 0.25) is 0 Å². The molecule has 2 rings (SSSR count). The topological polar surface area (TPSA) is 46.5 Å². The average molecular weight is 232 g/mol. The Morgan fingerprint density at radius 1 is 1.41 bits per heavy atom. The molecule has 0 bridgehead atoms. The number of esters is 1. The summed E-state index contributed by atoms with van der Waals surface area (Å²) in [5.41, 5.74) is 1.52. The summed E-state index contributed by atoms with van der Waals surface area (Å²) >= 11 is 0. The first kappa shape index (κ1) is 11.9. The molecule has 17 heavy (non-hydrogen) atoms. The third-order valence-electron chi connectivity index (χ3n) is 2.92. The van der Waals surface area contributed by atoms with E-state index in [2.05, 4.69) is 0 Å². The Bertz CT molecular complexity index is 437. The van der Waals surface area contributed by atoms with E-state index in [1.807, 2.05) is 24.3 Å². The van der Waals surface area contributed by atoms with Crippen LogP contribution in [0.25, 0.3) is 0 Å². The van der Waals surface area contributed by atoms with Crippen LogP contribution in [-0.2, 0) is 4.74 Å². The van der Waals surface area contributed by atoms with E-state index in [0.29, 0.717) is 18.6 Å². The number of benzene rings is 1. The standard InChI is InChI=1S/C14H16O3/c1-2-17-14(16)13-6-4-3-5-12(13)10-7-8-11(15)9-10/h3-8,10-11,15H,2,9H2,1H3/t10-,11-/m1/s1. The van der Waals surface area contributed by atoms with Gasteiger partial charge in [0.2, 0.25) is 0 Å². The summed E-state index contributed by atoms with van der Waals surface area (Å²) in [4.78, 5) is 11.8. The summed E-state index contributed by atoms with van der Waals surface area (Å²) < 4.78 is 5.03. The molecular weight excluding hydrogens is 216 g/mol. The van der Waals surface area contributed by atoms with Crippen molar-refractivity contribution in [2.75, 3.05) is 6.61 Å². The molecule has 0 heterocycles. The Hall–Kier alpha value is -1.61. The molecule has 0 saturated carbocycles. The highest BCUT2D eigenvalue weighted by molar-refractivity contribution is 5.91. The number of allylic oxidation sites excluding steroid dienone is 1. The van der Waals surface area contributed by atoms with Gasteiger partial charge in [0, 0.05) is 5.92 Å². The second-order valence-electron chi connectivity index (χ2n) is 4.10. The second kappa shape index (κ2) is 5.15. The quantitative estimate of drug-likeness (QED) is 0.642. The summed E-state index contributed by atoms with van der Waals surface area (Å²) in [7, 11) is 0. The normalized spacial score (nSPS) is 22.7. The van der Waals surface area contributed by atoms with Crippen molar-refractivity contribution in [3.05, 3.63) is 47.5 Å². The van der Waals surface area contributed by atoms with Crippen LogP contribution in [-0.4, -0.2) is 23.8 Å². The van der Waals surface area contributed by atoms with Crippen LogP contribution in [0.5, 0.6) is 0 Å². The van der Waals surface area contributed by atoms with Gasteiger partial charge in [0.1, 0.15) is 0 Å². The van der Waals surface area contributed by atoms with Gasteiger partial charge >= 0.3 is 5.97 Å². The Kier molecular flexibility index (Phi) is 3.59. The minimum atomic E-state index is -0.407. The van der Waals surface area contributed by atoms with Crippen molar-refractivity contribution in [1.82, 2.24) is 0 Å². The van der Waals surface area contributed by atoms with Crippen LogP contribution in [0, 0.1) is 0 Å². The van der Waals surface area contributed by atoms with Gasteiger partial charge < -0.3 is 9.84 Å². The van der Waals surface area contributed by atoms with E-state index in [0.717, 1.165) is 5.56 Å². The summed E-state index contributed by atoms with van der Waals surface area (Å²) in [6.45, 7) is 2.16. The molecule has 1 aromatic carbocycles. The van der Waals surface area contributed by atoms with Crippen molar-refractivity contribution < 1.29 is 14.6 Å². The highest BCUT2D eigenvalue weighted by Crippen LogP contribution is 2.31. The van der Waals surface area contributed by atoms with Crippen LogP contribution < -0.4 is 0 Å². The maximum absolute atomic E-state index is 11.8. The minimum absolute atomic E-state index is 0.102. The molecule has 1 aliphatic carbocycles. The largest absolute Gasteiger partial charge is 0.462 e. The zero-order valence-electron chi connectivity index (χ0n) is 9.80. The Labute approximate surface area is 101 Å². The molecule has 1 aromatic rings. The van der Waals surface area contributed by atoms with Gasteiger partial charge in [-0.05, 0) is 25.0 Å². The van der Waals surface area contributed by atoms with Gasteiger partial charge in [0.25, 0.3) is 0 Å².